The fraction of sp³-hybridized carbons (Fsp3) is 0.364. The molecule has 3 saturated heterocycles. The largest absolute Gasteiger partial charge is 0.371 e. The molecule has 5 amide bonds. The van der Waals surface area contributed by atoms with Crippen molar-refractivity contribution in [3.63, 3.8) is 0 Å². The van der Waals surface area contributed by atoms with E-state index in [2.05, 4.69) is 49.2 Å². The van der Waals surface area contributed by atoms with Crippen LogP contribution >= 0.6 is 0 Å². The first-order valence-electron chi connectivity index (χ1n) is 20.4. The van der Waals surface area contributed by atoms with Crippen molar-refractivity contribution in [3.8, 4) is 11.1 Å². The molecule has 3 aliphatic heterocycles. The second-order valence-electron chi connectivity index (χ2n) is 16.0. The minimum Gasteiger partial charge on any atom is -0.371 e. The first kappa shape index (κ1) is 38.0. The van der Waals surface area contributed by atoms with Gasteiger partial charge in [0.15, 0.2) is 5.82 Å². The molecule has 6 aromatic rings. The number of fused-ring (bicyclic) bond motifs is 2. The Hall–Kier alpha value is -6.51. The highest BCUT2D eigenvalue weighted by Crippen LogP contribution is 2.40. The average molecular weight is 799 g/mol. The lowest BCUT2D eigenvalue weighted by molar-refractivity contribution is -0.132. The van der Waals surface area contributed by atoms with Crippen LogP contribution in [-0.4, -0.2) is 105 Å². The number of nitrogens with one attached hydrogen (secondary N) is 2. The standard InChI is InChI=1S/C44H47FN10O4/c1-50(2)43(58)36-25-34-32(24-33(41(45)42(34)48-36)29-6-4-18-52(27-29)40(57)16-22-53-19-5-17-46-53)28-9-11-30(12-10-28)51-20-13-31(14-21-51)55-38-8-3-7-37(35(38)26-47-55)54-23-15-39(56)49-44(54)59/h3,5,7-12,17,19,24-26,29,31,48H,4,6,13-16,18,20-23,27H2,1-2H3,(H,49,56,59)/t29-/m0/s1. The first-order chi connectivity index (χ1) is 28.6. The number of aryl methyl sites for hydroxylation is 1. The summed E-state index contributed by atoms with van der Waals surface area (Å²) >= 11 is 0. The highest BCUT2D eigenvalue weighted by molar-refractivity contribution is 6.09. The summed E-state index contributed by atoms with van der Waals surface area (Å²) in [5.74, 6) is -1.06. The third-order valence-corrected chi connectivity index (χ3v) is 12.2. The minimum atomic E-state index is -0.412. The number of likely N-dealkylation sites (tertiary alicyclic amines) is 1. The van der Waals surface area contributed by atoms with Gasteiger partial charge >= 0.3 is 6.03 Å². The highest BCUT2D eigenvalue weighted by atomic mass is 19.1. The number of aromatic nitrogens is 5. The number of imide groups is 1. The lowest BCUT2D eigenvalue weighted by Crippen LogP contribution is -2.49. The lowest BCUT2D eigenvalue weighted by Gasteiger charge is -2.34. The maximum Gasteiger partial charge on any atom is 0.328 e. The number of amides is 5. The summed E-state index contributed by atoms with van der Waals surface area (Å²) in [6.45, 7) is 3.52. The second-order valence-corrected chi connectivity index (χ2v) is 16.0. The number of halogens is 1. The molecule has 3 aromatic carbocycles. The van der Waals surface area contributed by atoms with Crippen molar-refractivity contribution in [2.75, 3.05) is 56.6 Å². The molecule has 3 fully saturated rings. The van der Waals surface area contributed by atoms with Crippen molar-refractivity contribution >= 4 is 56.9 Å². The number of benzene rings is 3. The van der Waals surface area contributed by atoms with Gasteiger partial charge in [-0.1, -0.05) is 18.2 Å². The molecule has 0 spiro atoms. The van der Waals surface area contributed by atoms with Gasteiger partial charge in [-0.25, -0.2) is 9.18 Å². The van der Waals surface area contributed by atoms with Crippen molar-refractivity contribution < 1.29 is 23.6 Å². The van der Waals surface area contributed by atoms with Crippen molar-refractivity contribution in [1.82, 2.24) is 39.7 Å². The maximum absolute atomic E-state index is 16.6. The molecule has 0 saturated carbocycles. The minimum absolute atomic E-state index is 0.0281. The van der Waals surface area contributed by atoms with Crippen molar-refractivity contribution in [2.45, 2.75) is 57.0 Å². The number of H-pyrrole nitrogens is 1. The highest BCUT2D eigenvalue weighted by Gasteiger charge is 2.31. The van der Waals surface area contributed by atoms with Gasteiger partial charge in [0.1, 0.15) is 5.69 Å². The number of hydrogen-bond acceptors (Lipinski definition) is 7. The van der Waals surface area contributed by atoms with Crippen LogP contribution in [-0.2, 0) is 16.1 Å². The Kier molecular flexibility index (Phi) is 10.1. The van der Waals surface area contributed by atoms with Gasteiger partial charge in [-0.2, -0.15) is 10.2 Å². The fourth-order valence-electron chi connectivity index (χ4n) is 9.03. The van der Waals surface area contributed by atoms with Crippen LogP contribution in [0.3, 0.4) is 0 Å². The Morgan fingerprint density at radius 3 is 2.49 bits per heavy atom. The predicted octanol–water partition coefficient (Wildman–Crippen LogP) is 6.31. The Labute approximate surface area is 340 Å². The molecule has 0 radical (unpaired) electrons. The molecule has 15 heteroatoms. The van der Waals surface area contributed by atoms with E-state index in [1.54, 1.807) is 35.9 Å². The van der Waals surface area contributed by atoms with Gasteiger partial charge in [0.25, 0.3) is 5.91 Å². The predicted molar refractivity (Wildman–Crippen MR) is 223 cm³/mol. The monoisotopic (exact) mass is 798 g/mol. The summed E-state index contributed by atoms with van der Waals surface area (Å²) in [5, 5.41) is 12.9. The van der Waals surface area contributed by atoms with E-state index < -0.39 is 6.03 Å². The van der Waals surface area contributed by atoms with E-state index in [9.17, 15) is 19.2 Å². The molecule has 0 aliphatic carbocycles. The van der Waals surface area contributed by atoms with Gasteiger partial charge in [-0.15, -0.1) is 0 Å². The summed E-state index contributed by atoms with van der Waals surface area (Å²) in [6.07, 6.45) is 9.19. The zero-order chi connectivity index (χ0) is 40.8. The number of piperidine rings is 2. The summed E-state index contributed by atoms with van der Waals surface area (Å²) in [5.41, 5.74) is 5.68. The van der Waals surface area contributed by atoms with Crippen LogP contribution in [0.15, 0.2) is 79.3 Å². The van der Waals surface area contributed by atoms with Crippen molar-refractivity contribution in [2.24, 2.45) is 0 Å². The summed E-state index contributed by atoms with van der Waals surface area (Å²) in [7, 11) is 3.35. The van der Waals surface area contributed by atoms with Crippen LogP contribution in [0.4, 0.5) is 20.6 Å². The number of urea groups is 1. The fourth-order valence-corrected chi connectivity index (χ4v) is 9.03. The van der Waals surface area contributed by atoms with Gasteiger partial charge < -0.3 is 19.7 Å². The summed E-state index contributed by atoms with van der Waals surface area (Å²) in [4.78, 5) is 61.2. The van der Waals surface area contributed by atoms with E-state index in [-0.39, 0.29) is 41.9 Å². The van der Waals surface area contributed by atoms with Crippen LogP contribution in [0.25, 0.3) is 32.9 Å². The molecule has 3 aromatic heterocycles. The third-order valence-electron chi connectivity index (χ3n) is 12.2. The van der Waals surface area contributed by atoms with Gasteiger partial charge in [0, 0.05) is 101 Å². The van der Waals surface area contributed by atoms with E-state index >= 15 is 4.39 Å². The lowest BCUT2D eigenvalue weighted by atomic mass is 9.87. The number of rotatable bonds is 9. The van der Waals surface area contributed by atoms with Gasteiger partial charge in [0.2, 0.25) is 11.8 Å². The quantitative estimate of drug-likeness (QED) is 0.175. The Morgan fingerprint density at radius 2 is 1.75 bits per heavy atom. The Balaban J connectivity index is 0.942. The third kappa shape index (κ3) is 7.29. The SMILES string of the molecule is CN(C)C(=O)c1cc2c(-c3ccc(N4CCC(n5ncc6c(N7CCC(=O)NC7=O)cccc65)CC4)cc3)cc([C@H]3CCCN(C(=O)CCn4cccn4)C3)c(F)c2[nH]1. The number of carbonyl (C=O) groups is 4. The Morgan fingerprint density at radius 1 is 0.932 bits per heavy atom. The Bertz CT molecular complexity index is 2550. The number of aromatic amines is 1. The van der Waals surface area contributed by atoms with Crippen LogP contribution in [0.2, 0.25) is 0 Å². The average Bonchev–Trinajstić information content (AvgIpc) is 4.04. The molecule has 2 N–H and O–H groups in total. The van der Waals surface area contributed by atoms with Gasteiger partial charge in [-0.05, 0) is 84.8 Å². The van der Waals surface area contributed by atoms with Crippen LogP contribution in [0.1, 0.15) is 66.5 Å². The van der Waals surface area contributed by atoms with E-state index in [0.717, 1.165) is 72.2 Å². The number of anilines is 2. The molecule has 3 aliphatic rings. The zero-order valence-corrected chi connectivity index (χ0v) is 33.2. The van der Waals surface area contributed by atoms with E-state index in [4.69, 9.17) is 5.10 Å². The van der Waals surface area contributed by atoms with E-state index in [1.165, 1.54) is 4.90 Å². The zero-order valence-electron chi connectivity index (χ0n) is 33.2. The van der Waals surface area contributed by atoms with Crippen molar-refractivity contribution in [1.29, 1.82) is 0 Å². The molecule has 59 heavy (non-hydrogen) atoms. The normalized spacial score (nSPS) is 17.9. The topological polar surface area (TPSA) is 145 Å². The van der Waals surface area contributed by atoms with Crippen LogP contribution in [0.5, 0.6) is 0 Å². The molecule has 0 unspecified atom stereocenters. The van der Waals surface area contributed by atoms with E-state index in [0.29, 0.717) is 54.8 Å². The van der Waals surface area contributed by atoms with Crippen LogP contribution < -0.4 is 15.1 Å². The summed E-state index contributed by atoms with van der Waals surface area (Å²) < 4.78 is 20.4. The number of nitrogens with zero attached hydrogens (tertiary/aromatic N) is 8. The van der Waals surface area contributed by atoms with Crippen LogP contribution in [0, 0.1) is 5.82 Å². The van der Waals surface area contributed by atoms with E-state index in [1.807, 2.05) is 47.6 Å². The van der Waals surface area contributed by atoms with Crippen molar-refractivity contribution in [3.05, 3.63) is 96.3 Å². The molecule has 9 rings (SSSR count). The number of carbonyl (C=O) groups excluding carboxylic acids is 4. The smallest absolute Gasteiger partial charge is 0.328 e. The molecule has 14 nitrogen and oxygen atoms in total. The first-order valence-corrected chi connectivity index (χ1v) is 20.4. The molecule has 1 atom stereocenters. The molecule has 6 heterocycles. The van der Waals surface area contributed by atoms with Gasteiger partial charge in [0.05, 0.1) is 29.0 Å². The number of hydrogen-bond donors (Lipinski definition) is 2. The maximum atomic E-state index is 16.6. The summed E-state index contributed by atoms with van der Waals surface area (Å²) in [6, 6.07) is 19.5. The molecular weight excluding hydrogens is 752 g/mol. The molecular formula is C44H47FN10O4. The molecule has 304 valence electrons. The second kappa shape index (κ2) is 15.7. The van der Waals surface area contributed by atoms with Gasteiger partial charge in [-0.3, -0.25) is 34.0 Å². The molecule has 0 bridgehead atoms.